The molecule has 0 aliphatic rings. The van der Waals surface area contributed by atoms with E-state index in [9.17, 15) is 8.42 Å². The van der Waals surface area contributed by atoms with Crippen molar-refractivity contribution in [1.29, 1.82) is 0 Å². The molecule has 0 radical (unpaired) electrons. The minimum Gasteiger partial charge on any atom is -0.329 e. The Morgan fingerprint density at radius 1 is 1.41 bits per heavy atom. The van der Waals surface area contributed by atoms with Crippen LogP contribution in [0.15, 0.2) is 23.1 Å². The highest BCUT2D eigenvalue weighted by Crippen LogP contribution is 2.20. The predicted octanol–water partition coefficient (Wildman–Crippen LogP) is 1.66. The number of benzene rings is 1. The lowest BCUT2D eigenvalue weighted by atomic mass is 10.1. The van der Waals surface area contributed by atoms with Crippen LogP contribution in [0.4, 0.5) is 0 Å². The number of hydrogen-bond acceptors (Lipinski definition) is 3. The lowest BCUT2D eigenvalue weighted by Crippen LogP contribution is -2.48. The SMILES string of the molecule is Cc1ccc(S(=O)(=O)NC(C)(C)CN)cc1Cl. The van der Waals surface area contributed by atoms with Crippen LogP contribution >= 0.6 is 11.6 Å². The second-order valence-corrected chi connectivity index (χ2v) is 6.69. The Hall–Kier alpha value is -0.620. The molecule has 0 saturated heterocycles. The van der Waals surface area contributed by atoms with E-state index in [-0.39, 0.29) is 11.4 Å². The van der Waals surface area contributed by atoms with Crippen LogP contribution in [0, 0.1) is 6.92 Å². The van der Waals surface area contributed by atoms with Crippen LogP contribution in [-0.2, 0) is 10.0 Å². The summed E-state index contributed by atoms with van der Waals surface area (Å²) >= 11 is 5.91. The average Bonchev–Trinajstić information content (AvgIpc) is 2.20. The molecular formula is C11H17ClN2O2S. The van der Waals surface area contributed by atoms with Crippen LogP contribution in [0.3, 0.4) is 0 Å². The molecule has 3 N–H and O–H groups in total. The van der Waals surface area contributed by atoms with Gasteiger partial charge in [0, 0.05) is 17.1 Å². The summed E-state index contributed by atoms with van der Waals surface area (Å²) in [4.78, 5) is 0.148. The summed E-state index contributed by atoms with van der Waals surface area (Å²) in [5.74, 6) is 0. The normalized spacial score (nSPS) is 12.8. The third-order valence-corrected chi connectivity index (χ3v) is 4.48. The Bertz CT molecular complexity index is 512. The largest absolute Gasteiger partial charge is 0.329 e. The number of nitrogens with two attached hydrogens (primary N) is 1. The van der Waals surface area contributed by atoms with Gasteiger partial charge in [-0.15, -0.1) is 0 Å². The van der Waals surface area contributed by atoms with Crippen molar-refractivity contribution in [2.75, 3.05) is 6.54 Å². The lowest BCUT2D eigenvalue weighted by molar-refractivity contribution is 0.462. The lowest BCUT2D eigenvalue weighted by Gasteiger charge is -2.23. The standard InChI is InChI=1S/C11H17ClN2O2S/c1-8-4-5-9(6-10(8)12)17(15,16)14-11(2,3)7-13/h4-6,14H,7,13H2,1-3H3. The van der Waals surface area contributed by atoms with Crippen molar-refractivity contribution >= 4 is 21.6 Å². The highest BCUT2D eigenvalue weighted by molar-refractivity contribution is 7.89. The second kappa shape index (κ2) is 4.94. The van der Waals surface area contributed by atoms with Crippen LogP contribution in [0.1, 0.15) is 19.4 Å². The highest BCUT2D eigenvalue weighted by atomic mass is 35.5. The smallest absolute Gasteiger partial charge is 0.241 e. The number of hydrogen-bond donors (Lipinski definition) is 2. The van der Waals surface area contributed by atoms with Gasteiger partial charge >= 0.3 is 0 Å². The molecule has 0 aromatic heterocycles. The summed E-state index contributed by atoms with van der Waals surface area (Å²) in [5.41, 5.74) is 5.64. The summed E-state index contributed by atoms with van der Waals surface area (Å²) < 4.78 is 26.6. The summed E-state index contributed by atoms with van der Waals surface area (Å²) in [6.07, 6.45) is 0. The molecule has 0 atom stereocenters. The molecule has 1 rings (SSSR count). The van der Waals surface area contributed by atoms with E-state index < -0.39 is 15.6 Å². The van der Waals surface area contributed by atoms with Crippen molar-refractivity contribution in [3.63, 3.8) is 0 Å². The zero-order valence-electron chi connectivity index (χ0n) is 10.1. The van der Waals surface area contributed by atoms with Crippen molar-refractivity contribution in [1.82, 2.24) is 4.72 Å². The van der Waals surface area contributed by atoms with Crippen molar-refractivity contribution in [3.05, 3.63) is 28.8 Å². The molecule has 4 nitrogen and oxygen atoms in total. The third kappa shape index (κ3) is 3.67. The first kappa shape index (κ1) is 14.4. The Kier molecular flexibility index (Phi) is 4.19. The van der Waals surface area contributed by atoms with Gasteiger partial charge in [-0.3, -0.25) is 0 Å². The summed E-state index contributed by atoms with van der Waals surface area (Å²) in [6.45, 7) is 5.47. The van der Waals surface area contributed by atoms with E-state index in [4.69, 9.17) is 17.3 Å². The monoisotopic (exact) mass is 276 g/mol. The van der Waals surface area contributed by atoms with E-state index in [1.807, 2.05) is 6.92 Å². The van der Waals surface area contributed by atoms with Crippen LogP contribution in [0.5, 0.6) is 0 Å². The Morgan fingerprint density at radius 3 is 2.47 bits per heavy atom. The minimum atomic E-state index is -3.58. The minimum absolute atomic E-state index is 0.148. The molecule has 0 saturated carbocycles. The number of halogens is 1. The molecule has 0 fully saturated rings. The van der Waals surface area contributed by atoms with Gasteiger partial charge in [-0.2, -0.15) is 0 Å². The summed E-state index contributed by atoms with van der Waals surface area (Å²) in [5, 5.41) is 0.429. The first-order valence-electron chi connectivity index (χ1n) is 5.18. The number of aryl methyl sites for hydroxylation is 1. The van der Waals surface area contributed by atoms with Crippen LogP contribution in [0.25, 0.3) is 0 Å². The molecule has 0 aliphatic carbocycles. The van der Waals surface area contributed by atoms with Gasteiger partial charge in [0.15, 0.2) is 0 Å². The van der Waals surface area contributed by atoms with Crippen molar-refractivity contribution in [2.24, 2.45) is 5.73 Å². The van der Waals surface area contributed by atoms with Crippen LogP contribution < -0.4 is 10.5 Å². The molecular weight excluding hydrogens is 260 g/mol. The molecule has 0 amide bonds. The van der Waals surface area contributed by atoms with E-state index in [0.717, 1.165) is 5.56 Å². The predicted molar refractivity (Wildman–Crippen MR) is 69.6 cm³/mol. The maximum atomic E-state index is 12.0. The van der Waals surface area contributed by atoms with E-state index >= 15 is 0 Å². The van der Waals surface area contributed by atoms with Gasteiger partial charge in [-0.05, 0) is 38.5 Å². The van der Waals surface area contributed by atoms with Gasteiger partial charge in [0.1, 0.15) is 0 Å². The third-order valence-electron chi connectivity index (χ3n) is 2.37. The van der Waals surface area contributed by atoms with E-state index in [0.29, 0.717) is 5.02 Å². The van der Waals surface area contributed by atoms with Crippen LogP contribution in [-0.4, -0.2) is 20.5 Å². The Morgan fingerprint density at radius 2 is 2.00 bits per heavy atom. The quantitative estimate of drug-likeness (QED) is 0.879. The van der Waals surface area contributed by atoms with Crippen molar-refractivity contribution in [2.45, 2.75) is 31.2 Å². The first-order valence-corrected chi connectivity index (χ1v) is 7.04. The Labute approximate surface area is 107 Å². The number of sulfonamides is 1. The fraction of sp³-hybridized carbons (Fsp3) is 0.455. The number of rotatable bonds is 4. The van der Waals surface area contributed by atoms with E-state index in [1.54, 1.807) is 19.9 Å². The van der Waals surface area contributed by atoms with Crippen molar-refractivity contribution in [3.8, 4) is 0 Å². The zero-order chi connectivity index (χ0) is 13.3. The van der Waals surface area contributed by atoms with Gasteiger partial charge < -0.3 is 5.73 Å². The van der Waals surface area contributed by atoms with E-state index in [2.05, 4.69) is 4.72 Å². The average molecular weight is 277 g/mol. The van der Waals surface area contributed by atoms with E-state index in [1.165, 1.54) is 12.1 Å². The van der Waals surface area contributed by atoms with Gasteiger partial charge in [0.05, 0.1) is 4.90 Å². The summed E-state index contributed by atoms with van der Waals surface area (Å²) in [6, 6.07) is 4.63. The second-order valence-electron chi connectivity index (χ2n) is 4.60. The van der Waals surface area contributed by atoms with Gasteiger partial charge in [0.25, 0.3) is 0 Å². The van der Waals surface area contributed by atoms with Crippen LogP contribution in [0.2, 0.25) is 5.02 Å². The Balaban J connectivity index is 3.10. The molecule has 96 valence electrons. The molecule has 0 bridgehead atoms. The number of nitrogens with one attached hydrogen (secondary N) is 1. The molecule has 6 heteroatoms. The van der Waals surface area contributed by atoms with Gasteiger partial charge in [-0.25, -0.2) is 13.1 Å². The summed E-state index contributed by atoms with van der Waals surface area (Å²) in [7, 11) is -3.58. The fourth-order valence-corrected chi connectivity index (χ4v) is 2.90. The maximum Gasteiger partial charge on any atom is 0.241 e. The first-order chi connectivity index (χ1) is 7.68. The zero-order valence-corrected chi connectivity index (χ0v) is 11.7. The molecule has 0 heterocycles. The van der Waals surface area contributed by atoms with Gasteiger partial charge in [0.2, 0.25) is 10.0 Å². The van der Waals surface area contributed by atoms with Crippen molar-refractivity contribution < 1.29 is 8.42 Å². The topological polar surface area (TPSA) is 72.2 Å². The molecule has 0 spiro atoms. The molecule has 0 aliphatic heterocycles. The molecule has 17 heavy (non-hydrogen) atoms. The van der Waals surface area contributed by atoms with Gasteiger partial charge in [-0.1, -0.05) is 17.7 Å². The highest BCUT2D eigenvalue weighted by Gasteiger charge is 2.25. The molecule has 1 aromatic rings. The molecule has 1 aromatic carbocycles. The fourth-order valence-electron chi connectivity index (χ4n) is 1.21. The molecule has 0 unspecified atom stereocenters. The maximum absolute atomic E-state index is 12.0.